The lowest BCUT2D eigenvalue weighted by Gasteiger charge is -2.22. The number of nitrogens with one attached hydrogen (secondary N) is 1. The molecular weight excluding hydrogens is 262 g/mol. The van der Waals surface area contributed by atoms with Gasteiger partial charge in [0, 0.05) is 19.6 Å². The fourth-order valence-electron chi connectivity index (χ4n) is 1.55. The fourth-order valence-corrected chi connectivity index (χ4v) is 1.73. The standard InChI is InChI=1S/C14H22ClN3O/c1-10(2)12(16)8-9-18(3)14(19)17-13-7-5-4-6-11(13)15/h4-7,10,12H,8-9,16H2,1-3H3,(H,17,19). The number of amides is 2. The van der Waals surface area contributed by atoms with E-state index < -0.39 is 0 Å². The maximum atomic E-state index is 12.0. The van der Waals surface area contributed by atoms with Gasteiger partial charge >= 0.3 is 6.03 Å². The summed E-state index contributed by atoms with van der Waals surface area (Å²) >= 11 is 5.99. The Morgan fingerprint density at radius 1 is 1.42 bits per heavy atom. The van der Waals surface area contributed by atoms with Crippen LogP contribution in [-0.4, -0.2) is 30.6 Å². The van der Waals surface area contributed by atoms with Gasteiger partial charge < -0.3 is 16.0 Å². The highest BCUT2D eigenvalue weighted by Gasteiger charge is 2.13. The second-order valence-electron chi connectivity index (χ2n) is 5.03. The molecule has 1 aromatic carbocycles. The first-order chi connectivity index (χ1) is 8.91. The number of benzene rings is 1. The molecule has 106 valence electrons. The van der Waals surface area contributed by atoms with Gasteiger partial charge in [-0.3, -0.25) is 0 Å². The molecule has 0 aromatic heterocycles. The summed E-state index contributed by atoms with van der Waals surface area (Å²) in [4.78, 5) is 13.6. The molecular formula is C14H22ClN3O. The van der Waals surface area contributed by atoms with Crippen molar-refractivity contribution < 1.29 is 4.79 Å². The van der Waals surface area contributed by atoms with Crippen molar-refractivity contribution in [2.45, 2.75) is 26.3 Å². The molecule has 5 heteroatoms. The Kier molecular flexibility index (Phi) is 6.12. The summed E-state index contributed by atoms with van der Waals surface area (Å²) in [7, 11) is 1.75. The molecule has 0 bridgehead atoms. The number of anilines is 1. The quantitative estimate of drug-likeness (QED) is 0.872. The van der Waals surface area contributed by atoms with Crippen LogP contribution in [0.4, 0.5) is 10.5 Å². The average Bonchev–Trinajstić information content (AvgIpc) is 2.37. The molecule has 0 aliphatic heterocycles. The predicted molar refractivity (Wildman–Crippen MR) is 80.5 cm³/mol. The highest BCUT2D eigenvalue weighted by Crippen LogP contribution is 2.20. The molecule has 19 heavy (non-hydrogen) atoms. The summed E-state index contributed by atoms with van der Waals surface area (Å²) in [5.74, 6) is 0.417. The lowest BCUT2D eigenvalue weighted by molar-refractivity contribution is 0.219. The Bertz CT molecular complexity index is 423. The number of nitrogens with two attached hydrogens (primary N) is 1. The second kappa shape index (κ2) is 7.36. The normalized spacial score (nSPS) is 12.3. The number of halogens is 1. The Labute approximate surface area is 119 Å². The SMILES string of the molecule is CC(C)C(N)CCN(C)C(=O)Nc1ccccc1Cl. The van der Waals surface area contributed by atoms with E-state index in [2.05, 4.69) is 19.2 Å². The molecule has 0 aliphatic rings. The van der Waals surface area contributed by atoms with Crippen molar-refractivity contribution in [3.8, 4) is 0 Å². The fraction of sp³-hybridized carbons (Fsp3) is 0.500. The molecule has 0 saturated heterocycles. The van der Waals surface area contributed by atoms with Crippen LogP contribution in [0.3, 0.4) is 0 Å². The van der Waals surface area contributed by atoms with E-state index in [1.165, 1.54) is 0 Å². The molecule has 1 rings (SSSR count). The van der Waals surface area contributed by atoms with Crippen molar-refractivity contribution in [2.75, 3.05) is 18.9 Å². The number of rotatable bonds is 5. The van der Waals surface area contributed by atoms with E-state index in [1.54, 1.807) is 24.1 Å². The third kappa shape index (κ3) is 5.09. The van der Waals surface area contributed by atoms with Crippen LogP contribution in [0.5, 0.6) is 0 Å². The minimum atomic E-state index is -0.177. The largest absolute Gasteiger partial charge is 0.328 e. The van der Waals surface area contributed by atoms with E-state index in [0.717, 1.165) is 6.42 Å². The summed E-state index contributed by atoms with van der Waals surface area (Å²) in [5, 5.41) is 3.31. The Hall–Kier alpha value is -1.26. The van der Waals surface area contributed by atoms with Gasteiger partial charge in [-0.15, -0.1) is 0 Å². The van der Waals surface area contributed by atoms with Crippen LogP contribution in [0.2, 0.25) is 5.02 Å². The van der Waals surface area contributed by atoms with Crippen molar-refractivity contribution in [3.63, 3.8) is 0 Å². The van der Waals surface area contributed by atoms with E-state index in [1.807, 2.05) is 12.1 Å². The van der Waals surface area contributed by atoms with Crippen molar-refractivity contribution in [1.29, 1.82) is 0 Å². The molecule has 0 saturated carbocycles. The Morgan fingerprint density at radius 2 is 2.05 bits per heavy atom. The van der Waals surface area contributed by atoms with Gasteiger partial charge in [-0.25, -0.2) is 4.79 Å². The zero-order chi connectivity index (χ0) is 14.4. The van der Waals surface area contributed by atoms with Crippen molar-refractivity contribution >= 4 is 23.3 Å². The molecule has 0 aliphatic carbocycles. The van der Waals surface area contributed by atoms with Crippen LogP contribution >= 0.6 is 11.6 Å². The van der Waals surface area contributed by atoms with Gasteiger partial charge in [0.15, 0.2) is 0 Å². The number of carbonyl (C=O) groups is 1. The van der Waals surface area contributed by atoms with Gasteiger partial charge in [0.05, 0.1) is 10.7 Å². The number of hydrogen-bond acceptors (Lipinski definition) is 2. The first-order valence-corrected chi connectivity index (χ1v) is 6.82. The summed E-state index contributed by atoms with van der Waals surface area (Å²) < 4.78 is 0. The third-order valence-corrected chi connectivity index (χ3v) is 3.45. The molecule has 0 radical (unpaired) electrons. The summed E-state index contributed by atoms with van der Waals surface area (Å²) in [6.07, 6.45) is 0.782. The second-order valence-corrected chi connectivity index (χ2v) is 5.44. The summed E-state index contributed by atoms with van der Waals surface area (Å²) in [5.41, 5.74) is 6.58. The number of para-hydroxylation sites is 1. The zero-order valence-electron chi connectivity index (χ0n) is 11.7. The number of carbonyl (C=O) groups excluding carboxylic acids is 1. The maximum Gasteiger partial charge on any atom is 0.321 e. The third-order valence-electron chi connectivity index (χ3n) is 3.12. The first kappa shape index (κ1) is 15.8. The number of urea groups is 1. The molecule has 0 heterocycles. The van der Waals surface area contributed by atoms with Crippen molar-refractivity contribution in [2.24, 2.45) is 11.7 Å². The molecule has 0 fully saturated rings. The molecule has 4 nitrogen and oxygen atoms in total. The van der Waals surface area contributed by atoms with Gasteiger partial charge in [-0.05, 0) is 24.5 Å². The van der Waals surface area contributed by atoms with Gasteiger partial charge in [0.1, 0.15) is 0 Å². The van der Waals surface area contributed by atoms with Gasteiger partial charge in [-0.1, -0.05) is 37.6 Å². The number of nitrogens with zero attached hydrogens (tertiary/aromatic N) is 1. The highest BCUT2D eigenvalue weighted by atomic mass is 35.5. The van der Waals surface area contributed by atoms with Crippen LogP contribution in [-0.2, 0) is 0 Å². The van der Waals surface area contributed by atoms with Crippen molar-refractivity contribution in [1.82, 2.24) is 4.90 Å². The van der Waals surface area contributed by atoms with Gasteiger partial charge in [0.2, 0.25) is 0 Å². The topological polar surface area (TPSA) is 58.4 Å². The van der Waals surface area contributed by atoms with Crippen LogP contribution in [0.15, 0.2) is 24.3 Å². The monoisotopic (exact) mass is 283 g/mol. The van der Waals surface area contributed by atoms with E-state index in [4.69, 9.17) is 17.3 Å². The molecule has 0 spiro atoms. The lowest BCUT2D eigenvalue weighted by Crippen LogP contribution is -2.36. The first-order valence-electron chi connectivity index (χ1n) is 6.44. The summed E-state index contributed by atoms with van der Waals surface area (Å²) in [6.45, 7) is 4.78. The minimum Gasteiger partial charge on any atom is -0.328 e. The molecule has 3 N–H and O–H groups in total. The average molecular weight is 284 g/mol. The van der Waals surface area contributed by atoms with Crippen molar-refractivity contribution in [3.05, 3.63) is 29.3 Å². The Morgan fingerprint density at radius 3 is 2.63 bits per heavy atom. The zero-order valence-corrected chi connectivity index (χ0v) is 12.4. The predicted octanol–water partition coefficient (Wildman–Crippen LogP) is 3.18. The molecule has 1 aromatic rings. The van der Waals surface area contributed by atoms with Gasteiger partial charge in [-0.2, -0.15) is 0 Å². The summed E-state index contributed by atoms with van der Waals surface area (Å²) in [6, 6.07) is 7.10. The van der Waals surface area contributed by atoms with E-state index in [0.29, 0.717) is 23.2 Å². The molecule has 2 amide bonds. The Balaban J connectivity index is 2.47. The number of hydrogen-bond donors (Lipinski definition) is 2. The van der Waals surface area contributed by atoms with E-state index >= 15 is 0 Å². The highest BCUT2D eigenvalue weighted by molar-refractivity contribution is 6.33. The van der Waals surface area contributed by atoms with Crippen LogP contribution in [0.25, 0.3) is 0 Å². The molecule has 1 atom stereocenters. The minimum absolute atomic E-state index is 0.107. The van der Waals surface area contributed by atoms with Crippen LogP contribution in [0.1, 0.15) is 20.3 Å². The van der Waals surface area contributed by atoms with Crippen LogP contribution in [0, 0.1) is 5.92 Å². The van der Waals surface area contributed by atoms with E-state index in [9.17, 15) is 4.79 Å². The van der Waals surface area contributed by atoms with E-state index in [-0.39, 0.29) is 12.1 Å². The maximum absolute atomic E-state index is 12.0. The smallest absolute Gasteiger partial charge is 0.321 e. The lowest BCUT2D eigenvalue weighted by atomic mass is 10.0. The molecule has 1 unspecified atom stereocenters. The van der Waals surface area contributed by atoms with Crippen LogP contribution < -0.4 is 11.1 Å². The van der Waals surface area contributed by atoms with Gasteiger partial charge in [0.25, 0.3) is 0 Å².